The molecule has 0 saturated heterocycles. The third-order valence-electron chi connectivity index (χ3n) is 11.1. The van der Waals surface area contributed by atoms with Crippen molar-refractivity contribution >= 4 is 17.9 Å². The van der Waals surface area contributed by atoms with Crippen LogP contribution in [-0.4, -0.2) is 37.2 Å². The van der Waals surface area contributed by atoms with E-state index in [1.165, 1.54) is 70.6 Å². The van der Waals surface area contributed by atoms with E-state index < -0.39 is 6.10 Å². The molecule has 0 heterocycles. The molecule has 6 heteroatoms. The number of carbonyl (C=O) groups is 3. The Bertz CT molecular complexity index is 1310. The van der Waals surface area contributed by atoms with Crippen molar-refractivity contribution in [1.82, 2.24) is 0 Å². The zero-order chi connectivity index (χ0) is 47.2. The van der Waals surface area contributed by atoms with Gasteiger partial charge < -0.3 is 14.2 Å². The van der Waals surface area contributed by atoms with Crippen molar-refractivity contribution in [3.63, 3.8) is 0 Å². The van der Waals surface area contributed by atoms with Crippen molar-refractivity contribution in [3.8, 4) is 0 Å². The number of ether oxygens (including phenoxy) is 3. The minimum absolute atomic E-state index is 0.0989. The fourth-order valence-electron chi connectivity index (χ4n) is 7.15. The van der Waals surface area contributed by atoms with Gasteiger partial charge in [-0.1, -0.05) is 221 Å². The van der Waals surface area contributed by atoms with Gasteiger partial charge in [0.1, 0.15) is 13.2 Å². The summed E-state index contributed by atoms with van der Waals surface area (Å²) in [7, 11) is 0. The molecule has 1 atom stereocenters. The van der Waals surface area contributed by atoms with Crippen LogP contribution >= 0.6 is 0 Å². The highest BCUT2D eigenvalue weighted by molar-refractivity contribution is 5.71. The van der Waals surface area contributed by atoms with Gasteiger partial charge in [0.2, 0.25) is 0 Å². The van der Waals surface area contributed by atoms with Gasteiger partial charge in [0.05, 0.1) is 0 Å². The summed E-state index contributed by atoms with van der Waals surface area (Å²) in [5.41, 5.74) is 0. The average Bonchev–Trinajstić information content (AvgIpc) is 3.30. The molecule has 0 aromatic rings. The van der Waals surface area contributed by atoms with Crippen molar-refractivity contribution in [3.05, 3.63) is 97.2 Å². The molecule has 0 aromatic carbocycles. The fraction of sp³-hybridized carbons (Fsp3) is 0.678. The Morgan fingerprint density at radius 3 is 1.12 bits per heavy atom. The van der Waals surface area contributed by atoms with E-state index in [1.54, 1.807) is 0 Å². The lowest BCUT2D eigenvalue weighted by Gasteiger charge is -2.18. The second kappa shape index (κ2) is 52.9. The SMILES string of the molecule is CC\C=C/C=C\C=C/CCCCCCCCCC(=O)OC(COC(=O)CCCCCC/C=C\C/C=C\C/C=C\CC)COC(=O)CCCCCCC/C=C\C=C/CCCCCCCCC. The van der Waals surface area contributed by atoms with Crippen LogP contribution in [0.2, 0.25) is 0 Å². The first-order valence-corrected chi connectivity index (χ1v) is 26.8. The summed E-state index contributed by atoms with van der Waals surface area (Å²) in [6, 6.07) is 0. The van der Waals surface area contributed by atoms with Gasteiger partial charge in [-0.3, -0.25) is 14.4 Å². The Balaban J connectivity index is 4.46. The highest BCUT2D eigenvalue weighted by Crippen LogP contribution is 2.14. The summed E-state index contributed by atoms with van der Waals surface area (Å²) >= 11 is 0. The van der Waals surface area contributed by atoms with E-state index in [0.29, 0.717) is 19.3 Å². The number of esters is 3. The van der Waals surface area contributed by atoms with Crippen LogP contribution in [0.25, 0.3) is 0 Å². The molecule has 1 unspecified atom stereocenters. The van der Waals surface area contributed by atoms with Gasteiger partial charge >= 0.3 is 17.9 Å². The van der Waals surface area contributed by atoms with Crippen molar-refractivity contribution in [2.24, 2.45) is 0 Å². The normalized spacial score (nSPS) is 12.8. The van der Waals surface area contributed by atoms with Gasteiger partial charge in [-0.05, 0) is 96.3 Å². The predicted molar refractivity (Wildman–Crippen MR) is 279 cm³/mol. The third kappa shape index (κ3) is 51.2. The highest BCUT2D eigenvalue weighted by Gasteiger charge is 2.19. The summed E-state index contributed by atoms with van der Waals surface area (Å²) in [5.74, 6) is -0.949. The minimum Gasteiger partial charge on any atom is -0.462 e. The zero-order valence-electron chi connectivity index (χ0n) is 42.2. The average molecular weight is 903 g/mol. The van der Waals surface area contributed by atoms with Gasteiger partial charge in [0, 0.05) is 19.3 Å². The van der Waals surface area contributed by atoms with Crippen molar-refractivity contribution in [2.75, 3.05) is 13.2 Å². The van der Waals surface area contributed by atoms with Gasteiger partial charge in [0.15, 0.2) is 6.10 Å². The Morgan fingerprint density at radius 1 is 0.338 bits per heavy atom. The molecule has 0 aromatic heterocycles. The van der Waals surface area contributed by atoms with E-state index >= 15 is 0 Å². The molecule has 0 saturated carbocycles. The molecule has 0 bridgehead atoms. The van der Waals surface area contributed by atoms with E-state index in [-0.39, 0.29) is 31.1 Å². The quantitative estimate of drug-likeness (QED) is 0.0199. The first kappa shape index (κ1) is 61.3. The molecule has 65 heavy (non-hydrogen) atoms. The summed E-state index contributed by atoms with van der Waals surface area (Å²) < 4.78 is 16.8. The van der Waals surface area contributed by atoms with E-state index in [9.17, 15) is 14.4 Å². The number of allylic oxidation sites excluding steroid dienone is 16. The fourth-order valence-corrected chi connectivity index (χ4v) is 7.15. The van der Waals surface area contributed by atoms with Crippen LogP contribution < -0.4 is 0 Å². The minimum atomic E-state index is -0.801. The maximum atomic E-state index is 12.8. The van der Waals surface area contributed by atoms with Crippen LogP contribution in [0.4, 0.5) is 0 Å². The van der Waals surface area contributed by atoms with Crippen LogP contribution in [0.15, 0.2) is 97.2 Å². The maximum Gasteiger partial charge on any atom is 0.306 e. The molecule has 0 N–H and O–H groups in total. The molecule has 0 amide bonds. The van der Waals surface area contributed by atoms with Crippen LogP contribution in [-0.2, 0) is 28.6 Å². The number of hydrogen-bond donors (Lipinski definition) is 0. The molecular formula is C59H98O6. The Labute approximate surface area is 400 Å². The van der Waals surface area contributed by atoms with Gasteiger partial charge in [-0.25, -0.2) is 0 Å². The summed E-state index contributed by atoms with van der Waals surface area (Å²) in [4.78, 5) is 38.0. The van der Waals surface area contributed by atoms with E-state index in [4.69, 9.17) is 14.2 Å². The lowest BCUT2D eigenvalue weighted by molar-refractivity contribution is -0.167. The molecule has 0 radical (unpaired) electrons. The highest BCUT2D eigenvalue weighted by atomic mass is 16.6. The summed E-state index contributed by atoms with van der Waals surface area (Å²) in [6.07, 6.45) is 69.6. The summed E-state index contributed by atoms with van der Waals surface area (Å²) in [5, 5.41) is 0. The van der Waals surface area contributed by atoms with Crippen molar-refractivity contribution in [2.45, 2.75) is 245 Å². The second-order valence-corrected chi connectivity index (χ2v) is 17.5. The Morgan fingerprint density at radius 2 is 0.677 bits per heavy atom. The lowest BCUT2D eigenvalue weighted by atomic mass is 10.1. The smallest absolute Gasteiger partial charge is 0.306 e. The molecule has 370 valence electrons. The monoisotopic (exact) mass is 903 g/mol. The van der Waals surface area contributed by atoms with Crippen LogP contribution in [0, 0.1) is 0 Å². The molecular weight excluding hydrogens is 805 g/mol. The standard InChI is InChI=1S/C59H98O6/c1-4-7-10-13-16-19-22-25-28-29-30-32-34-37-40-43-46-49-52-58(61)64-55-56(54-63-57(60)51-48-45-42-39-36-33-27-24-21-18-15-12-9-6-3)65-59(62)53-50-47-44-41-38-35-31-26-23-20-17-14-11-8-5-2/h8-9,11-12,14,17-18,20-21,23,27-30,32-33,56H,4-7,10,13,15-16,19,22,24-26,31,34-55H2,1-3H3/b11-8-,12-9-,17-14-,21-18-,23-20-,29-28-,32-30-,33-27-. The number of hydrogen-bond acceptors (Lipinski definition) is 6. The maximum absolute atomic E-state index is 12.8. The molecule has 0 aliphatic carbocycles. The molecule has 0 spiro atoms. The molecule has 0 aliphatic rings. The van der Waals surface area contributed by atoms with Gasteiger partial charge in [-0.15, -0.1) is 0 Å². The molecule has 0 fully saturated rings. The predicted octanol–water partition coefficient (Wildman–Crippen LogP) is 17.8. The second-order valence-electron chi connectivity index (χ2n) is 17.5. The van der Waals surface area contributed by atoms with E-state index in [0.717, 1.165) is 128 Å². The topological polar surface area (TPSA) is 78.9 Å². The Hall–Kier alpha value is -3.67. The van der Waals surface area contributed by atoms with E-state index in [1.807, 2.05) is 0 Å². The number of carbonyl (C=O) groups excluding carboxylic acids is 3. The van der Waals surface area contributed by atoms with Crippen molar-refractivity contribution < 1.29 is 28.6 Å². The van der Waals surface area contributed by atoms with E-state index in [2.05, 4.69) is 118 Å². The molecule has 6 nitrogen and oxygen atoms in total. The van der Waals surface area contributed by atoms with Crippen LogP contribution in [0.3, 0.4) is 0 Å². The number of unbranched alkanes of at least 4 members (excludes halogenated alkanes) is 23. The summed E-state index contributed by atoms with van der Waals surface area (Å²) in [6.45, 7) is 6.35. The Kier molecular flexibility index (Phi) is 50.0. The molecule has 0 rings (SSSR count). The first-order valence-electron chi connectivity index (χ1n) is 26.8. The van der Waals surface area contributed by atoms with Crippen LogP contribution in [0.5, 0.6) is 0 Å². The van der Waals surface area contributed by atoms with Gasteiger partial charge in [0.25, 0.3) is 0 Å². The first-order chi connectivity index (χ1) is 32.0. The molecule has 0 aliphatic heterocycles. The largest absolute Gasteiger partial charge is 0.462 e. The number of rotatable bonds is 47. The zero-order valence-corrected chi connectivity index (χ0v) is 42.2. The van der Waals surface area contributed by atoms with Crippen LogP contribution in [0.1, 0.15) is 239 Å². The third-order valence-corrected chi connectivity index (χ3v) is 11.1. The van der Waals surface area contributed by atoms with Crippen molar-refractivity contribution in [1.29, 1.82) is 0 Å². The lowest BCUT2D eigenvalue weighted by Crippen LogP contribution is -2.30. The van der Waals surface area contributed by atoms with Gasteiger partial charge in [-0.2, -0.15) is 0 Å².